The van der Waals surface area contributed by atoms with Crippen molar-refractivity contribution in [2.24, 2.45) is 0 Å². The molecule has 2 heteroatoms. The minimum Gasteiger partial charge on any atom is -0.382 e. The summed E-state index contributed by atoms with van der Waals surface area (Å²) in [5.41, 5.74) is 5.71. The molecule has 0 bridgehead atoms. The molecule has 0 saturated carbocycles. The van der Waals surface area contributed by atoms with Gasteiger partial charge in [0.05, 0.1) is 11.8 Å². The molecule has 1 N–H and O–H groups in total. The van der Waals surface area contributed by atoms with E-state index < -0.39 is 0 Å². The number of allylic oxidation sites excluding steroid dienone is 1. The number of rotatable bonds is 0. The average molecular weight is 233 g/mol. The highest BCUT2D eigenvalue weighted by molar-refractivity contribution is 5.83. The Bertz CT molecular complexity index is 648. The lowest BCUT2D eigenvalue weighted by atomic mass is 10.1. The van der Waals surface area contributed by atoms with E-state index in [0.29, 0.717) is 0 Å². The Morgan fingerprint density at radius 2 is 1.61 bits per heavy atom. The number of hydrogen-bond donors (Lipinski definition) is 1. The van der Waals surface area contributed by atoms with Crippen LogP contribution < -0.4 is 10.3 Å². The first kappa shape index (κ1) is 10.5. The minimum absolute atomic E-state index is 0.803. The van der Waals surface area contributed by atoms with Gasteiger partial charge in [-0.3, -0.25) is 0 Å². The molecule has 2 aromatic carbocycles. The lowest BCUT2D eigenvalue weighted by Gasteiger charge is -2.15. The highest BCUT2D eigenvalue weighted by Gasteiger charge is 2.10. The van der Waals surface area contributed by atoms with Crippen LogP contribution in [0.25, 0.3) is 5.57 Å². The van der Waals surface area contributed by atoms with Crippen LogP contribution in [-0.2, 0) is 0 Å². The molecule has 0 atom stereocenters. The van der Waals surface area contributed by atoms with Gasteiger partial charge in [-0.1, -0.05) is 42.2 Å². The van der Waals surface area contributed by atoms with Crippen molar-refractivity contribution in [1.29, 1.82) is 0 Å². The van der Waals surface area contributed by atoms with E-state index in [9.17, 15) is 0 Å². The third kappa shape index (κ3) is 2.07. The van der Waals surface area contributed by atoms with Crippen LogP contribution in [0.3, 0.4) is 0 Å². The Kier molecular flexibility index (Phi) is 2.73. The molecule has 1 aliphatic rings. The summed E-state index contributed by atoms with van der Waals surface area (Å²) in [6.07, 6.45) is 1.78. The Balaban J connectivity index is 1.95. The van der Waals surface area contributed by atoms with E-state index >= 15 is 0 Å². The van der Waals surface area contributed by atoms with Crippen molar-refractivity contribution in [3.05, 3.63) is 71.9 Å². The van der Waals surface area contributed by atoms with Gasteiger partial charge >= 0.3 is 0 Å². The first-order chi connectivity index (χ1) is 8.93. The standard InChI is InChI=1S/C16H11NO/c1-2-6-13(7-3-1)10-11-14-12-17-18-16-9-5-4-8-15(14)16/h1-9,12,17H. The SMILES string of the molecule is C(#Cc1ccccc1)C1=CNOc2ccccc21. The second-order valence-electron chi connectivity index (χ2n) is 3.89. The third-order valence-corrected chi connectivity index (χ3v) is 2.66. The fourth-order valence-electron chi connectivity index (χ4n) is 1.77. The highest BCUT2D eigenvalue weighted by Crippen LogP contribution is 2.27. The van der Waals surface area contributed by atoms with Crippen LogP contribution in [0.2, 0.25) is 0 Å². The van der Waals surface area contributed by atoms with Gasteiger partial charge in [-0.15, -0.1) is 0 Å². The molecular weight excluding hydrogens is 222 g/mol. The van der Waals surface area contributed by atoms with Gasteiger partial charge in [0, 0.05) is 11.1 Å². The fraction of sp³-hybridized carbons (Fsp3) is 0. The van der Waals surface area contributed by atoms with E-state index in [1.165, 1.54) is 0 Å². The molecule has 0 radical (unpaired) electrons. The molecule has 0 aliphatic carbocycles. The summed E-state index contributed by atoms with van der Waals surface area (Å²) in [5, 5.41) is 0. The summed E-state index contributed by atoms with van der Waals surface area (Å²) >= 11 is 0. The first-order valence-corrected chi connectivity index (χ1v) is 5.72. The van der Waals surface area contributed by atoms with E-state index in [1.807, 2.05) is 54.6 Å². The van der Waals surface area contributed by atoms with E-state index in [1.54, 1.807) is 6.20 Å². The largest absolute Gasteiger partial charge is 0.382 e. The van der Waals surface area contributed by atoms with Gasteiger partial charge in [-0.05, 0) is 24.3 Å². The zero-order valence-corrected chi connectivity index (χ0v) is 9.68. The molecule has 0 spiro atoms. The number of benzene rings is 2. The topological polar surface area (TPSA) is 21.3 Å². The molecule has 1 aliphatic heterocycles. The van der Waals surface area contributed by atoms with Crippen LogP contribution in [0.1, 0.15) is 11.1 Å². The van der Waals surface area contributed by atoms with Crippen LogP contribution >= 0.6 is 0 Å². The zero-order valence-electron chi connectivity index (χ0n) is 9.68. The van der Waals surface area contributed by atoms with Crippen LogP contribution in [0.5, 0.6) is 5.75 Å². The van der Waals surface area contributed by atoms with Gasteiger partial charge in [0.15, 0.2) is 5.75 Å². The van der Waals surface area contributed by atoms with Crippen LogP contribution in [0.4, 0.5) is 0 Å². The first-order valence-electron chi connectivity index (χ1n) is 5.72. The highest BCUT2D eigenvalue weighted by atomic mass is 16.6. The fourth-order valence-corrected chi connectivity index (χ4v) is 1.77. The number of hydrogen-bond acceptors (Lipinski definition) is 2. The van der Waals surface area contributed by atoms with Gasteiger partial charge in [-0.25, -0.2) is 5.48 Å². The van der Waals surface area contributed by atoms with Gasteiger partial charge in [0.25, 0.3) is 0 Å². The maximum atomic E-state index is 5.31. The maximum absolute atomic E-state index is 5.31. The second-order valence-corrected chi connectivity index (χ2v) is 3.89. The molecule has 0 amide bonds. The van der Waals surface area contributed by atoms with Crippen LogP contribution in [0.15, 0.2) is 60.8 Å². The van der Waals surface area contributed by atoms with Crippen molar-refractivity contribution in [2.75, 3.05) is 0 Å². The van der Waals surface area contributed by atoms with Crippen molar-refractivity contribution in [1.82, 2.24) is 5.48 Å². The molecule has 2 nitrogen and oxygen atoms in total. The molecule has 0 fully saturated rings. The van der Waals surface area contributed by atoms with E-state index in [-0.39, 0.29) is 0 Å². The molecule has 0 saturated heterocycles. The smallest absolute Gasteiger partial charge is 0.163 e. The van der Waals surface area contributed by atoms with Crippen molar-refractivity contribution >= 4 is 5.57 Å². The molecule has 1 heterocycles. The van der Waals surface area contributed by atoms with Crippen LogP contribution in [-0.4, -0.2) is 0 Å². The lowest BCUT2D eigenvalue weighted by Crippen LogP contribution is -2.16. The van der Waals surface area contributed by atoms with Crippen molar-refractivity contribution in [3.63, 3.8) is 0 Å². The van der Waals surface area contributed by atoms with E-state index in [4.69, 9.17) is 4.84 Å². The summed E-state index contributed by atoms with van der Waals surface area (Å²) in [7, 11) is 0. The average Bonchev–Trinajstić information content (AvgIpc) is 2.46. The zero-order chi connectivity index (χ0) is 12.2. The molecule has 18 heavy (non-hydrogen) atoms. The number of para-hydroxylation sites is 1. The summed E-state index contributed by atoms with van der Waals surface area (Å²) in [6, 6.07) is 17.8. The monoisotopic (exact) mass is 233 g/mol. The molecule has 0 unspecified atom stereocenters. The predicted octanol–water partition coefficient (Wildman–Crippen LogP) is 2.98. The summed E-state index contributed by atoms with van der Waals surface area (Å²) in [5.74, 6) is 7.11. The quantitative estimate of drug-likeness (QED) is 0.706. The molecule has 0 aromatic heterocycles. The van der Waals surface area contributed by atoms with Crippen molar-refractivity contribution < 1.29 is 4.84 Å². The van der Waals surface area contributed by atoms with Gasteiger partial charge < -0.3 is 4.84 Å². The van der Waals surface area contributed by atoms with Gasteiger partial charge in [0.2, 0.25) is 0 Å². The molecule has 86 valence electrons. The number of nitrogens with one attached hydrogen (secondary N) is 1. The Morgan fingerprint density at radius 3 is 2.50 bits per heavy atom. The normalized spacial score (nSPS) is 12.1. The van der Waals surface area contributed by atoms with Crippen LogP contribution in [0, 0.1) is 11.8 Å². The van der Waals surface area contributed by atoms with Crippen molar-refractivity contribution in [2.45, 2.75) is 0 Å². The second kappa shape index (κ2) is 4.68. The molecular formula is C16H11NO. The van der Waals surface area contributed by atoms with Crippen molar-refractivity contribution in [3.8, 4) is 17.6 Å². The minimum atomic E-state index is 0.803. The predicted molar refractivity (Wildman–Crippen MR) is 71.5 cm³/mol. The maximum Gasteiger partial charge on any atom is 0.163 e. The Hall–Kier alpha value is -2.66. The van der Waals surface area contributed by atoms with Gasteiger partial charge in [0.1, 0.15) is 0 Å². The van der Waals surface area contributed by atoms with Gasteiger partial charge in [-0.2, -0.15) is 0 Å². The number of hydroxylamine groups is 1. The Morgan fingerprint density at radius 1 is 0.833 bits per heavy atom. The third-order valence-electron chi connectivity index (χ3n) is 2.66. The van der Waals surface area contributed by atoms with E-state index in [2.05, 4.69) is 17.3 Å². The van der Waals surface area contributed by atoms with E-state index in [0.717, 1.165) is 22.4 Å². The lowest BCUT2D eigenvalue weighted by molar-refractivity contribution is 0.238. The summed E-state index contributed by atoms with van der Waals surface area (Å²) in [6.45, 7) is 0. The number of fused-ring (bicyclic) bond motifs is 1. The molecule has 3 rings (SSSR count). The summed E-state index contributed by atoms with van der Waals surface area (Å²) in [4.78, 5) is 5.31. The Labute approximate surface area is 106 Å². The molecule has 2 aromatic rings. The summed E-state index contributed by atoms with van der Waals surface area (Å²) < 4.78 is 0.